The van der Waals surface area contributed by atoms with Crippen LogP contribution in [0.4, 0.5) is 4.39 Å². The first-order valence-corrected chi connectivity index (χ1v) is 9.72. The van der Waals surface area contributed by atoms with Crippen LogP contribution in [0, 0.1) is 12.7 Å². The molecule has 2 aliphatic rings. The molecule has 6 heteroatoms. The van der Waals surface area contributed by atoms with Gasteiger partial charge in [0.1, 0.15) is 5.82 Å². The van der Waals surface area contributed by atoms with Crippen molar-refractivity contribution < 1.29 is 13.9 Å². The van der Waals surface area contributed by atoms with Gasteiger partial charge in [-0.05, 0) is 48.4 Å². The predicted octanol–water partition coefficient (Wildman–Crippen LogP) is 4.55. The molecule has 132 valence electrons. The average molecular weight is 380 g/mol. The monoisotopic (exact) mass is 379 g/mol. The Morgan fingerprint density at radius 1 is 1.32 bits per heavy atom. The number of carbonyl (C=O) groups excluding carboxylic acids is 1. The fourth-order valence-electron chi connectivity index (χ4n) is 3.85. The lowest BCUT2D eigenvalue weighted by molar-refractivity contribution is -0.0926. The highest BCUT2D eigenvalue weighted by Gasteiger charge is 2.42. The minimum atomic E-state index is -0.560. The quantitative estimate of drug-likeness (QED) is 0.727. The molecular weight excluding hydrogens is 361 g/mol. The molecule has 0 N–H and O–H groups in total. The molecule has 2 aromatic rings. The maximum absolute atomic E-state index is 14.2. The van der Waals surface area contributed by atoms with Crippen molar-refractivity contribution in [1.82, 2.24) is 4.90 Å². The molecule has 1 aromatic heterocycles. The van der Waals surface area contributed by atoms with Gasteiger partial charge in [0.15, 0.2) is 0 Å². The van der Waals surface area contributed by atoms with Crippen molar-refractivity contribution in [1.29, 1.82) is 0 Å². The number of amides is 1. The Morgan fingerprint density at radius 2 is 2.08 bits per heavy atom. The number of hydrogen-bond acceptors (Lipinski definition) is 3. The van der Waals surface area contributed by atoms with E-state index in [2.05, 4.69) is 11.4 Å². The highest BCUT2D eigenvalue weighted by molar-refractivity contribution is 7.10. The van der Waals surface area contributed by atoms with Crippen LogP contribution in [0.3, 0.4) is 0 Å². The number of aryl methyl sites for hydroxylation is 1. The highest BCUT2D eigenvalue weighted by Crippen LogP contribution is 2.43. The third kappa shape index (κ3) is 2.78. The molecule has 3 heterocycles. The van der Waals surface area contributed by atoms with Crippen molar-refractivity contribution in [3.8, 4) is 0 Å². The summed E-state index contributed by atoms with van der Waals surface area (Å²) in [4.78, 5) is 15.9. The third-order valence-corrected chi connectivity index (χ3v) is 6.77. The van der Waals surface area contributed by atoms with Gasteiger partial charge in [0.2, 0.25) is 0 Å². The number of ether oxygens (including phenoxy) is 1. The largest absolute Gasteiger partial charge is 0.370 e. The molecule has 4 rings (SSSR count). The summed E-state index contributed by atoms with van der Waals surface area (Å²) in [5, 5.41) is 2.32. The highest BCUT2D eigenvalue weighted by atomic mass is 35.5. The number of fused-ring (bicyclic) bond motifs is 2. The van der Waals surface area contributed by atoms with Gasteiger partial charge in [0.05, 0.1) is 22.8 Å². The van der Waals surface area contributed by atoms with Crippen LogP contribution >= 0.6 is 22.9 Å². The Bertz CT molecular complexity index is 827. The number of carbonyl (C=O) groups is 1. The fourth-order valence-corrected chi connectivity index (χ4v) is 5.04. The van der Waals surface area contributed by atoms with E-state index in [1.165, 1.54) is 16.5 Å². The van der Waals surface area contributed by atoms with Crippen LogP contribution in [0.5, 0.6) is 0 Å². The van der Waals surface area contributed by atoms with Crippen LogP contribution in [0.2, 0.25) is 5.02 Å². The standard InChI is InChI=1S/C19H19ClFNO2S/c1-12-2-3-14(21)16(17(12)20)18(23)22-8-6-19(7-9-22)13-5-11-25-15(13)4-10-24-19/h2-3,5,11H,4,6-10H2,1H3. The predicted molar refractivity (Wildman–Crippen MR) is 96.9 cm³/mol. The van der Waals surface area contributed by atoms with Crippen LogP contribution in [-0.4, -0.2) is 30.5 Å². The number of benzene rings is 1. The second kappa shape index (κ2) is 6.38. The summed E-state index contributed by atoms with van der Waals surface area (Å²) in [5.41, 5.74) is 1.67. The Kier molecular flexibility index (Phi) is 4.34. The van der Waals surface area contributed by atoms with Gasteiger partial charge in [0, 0.05) is 24.4 Å². The van der Waals surface area contributed by atoms with Crippen molar-refractivity contribution in [3.63, 3.8) is 0 Å². The summed E-state index contributed by atoms with van der Waals surface area (Å²) in [5.74, 6) is -0.891. The Balaban J connectivity index is 1.56. The van der Waals surface area contributed by atoms with E-state index >= 15 is 0 Å². The van der Waals surface area contributed by atoms with E-state index in [-0.39, 0.29) is 22.1 Å². The van der Waals surface area contributed by atoms with E-state index in [0.29, 0.717) is 18.7 Å². The van der Waals surface area contributed by atoms with Crippen molar-refractivity contribution in [2.24, 2.45) is 0 Å². The fraction of sp³-hybridized carbons (Fsp3) is 0.421. The van der Waals surface area contributed by atoms with Crippen molar-refractivity contribution in [3.05, 3.63) is 56.0 Å². The Labute approximate surface area is 155 Å². The van der Waals surface area contributed by atoms with Crippen LogP contribution in [0.15, 0.2) is 23.6 Å². The molecule has 0 bridgehead atoms. The molecule has 1 spiro atoms. The molecule has 0 atom stereocenters. The zero-order chi connectivity index (χ0) is 17.6. The number of rotatable bonds is 1. The number of piperidine rings is 1. The summed E-state index contributed by atoms with van der Waals surface area (Å²) in [6.07, 6.45) is 2.42. The van der Waals surface area contributed by atoms with Crippen LogP contribution in [0.25, 0.3) is 0 Å². The first kappa shape index (κ1) is 17.0. The van der Waals surface area contributed by atoms with Crippen molar-refractivity contribution in [2.75, 3.05) is 19.7 Å². The minimum Gasteiger partial charge on any atom is -0.370 e. The second-order valence-corrected chi connectivity index (χ2v) is 8.07. The smallest absolute Gasteiger partial charge is 0.258 e. The number of hydrogen-bond donors (Lipinski definition) is 0. The van der Waals surface area contributed by atoms with E-state index in [4.69, 9.17) is 16.3 Å². The molecule has 1 aromatic carbocycles. The molecule has 1 fully saturated rings. The van der Waals surface area contributed by atoms with E-state index in [1.54, 1.807) is 29.2 Å². The molecule has 1 saturated heterocycles. The van der Waals surface area contributed by atoms with Crippen molar-refractivity contribution >= 4 is 28.8 Å². The van der Waals surface area contributed by atoms with Gasteiger partial charge in [-0.3, -0.25) is 4.79 Å². The van der Waals surface area contributed by atoms with Crippen LogP contribution in [-0.2, 0) is 16.8 Å². The molecule has 0 radical (unpaired) electrons. The number of likely N-dealkylation sites (tertiary alicyclic amines) is 1. The SMILES string of the molecule is Cc1ccc(F)c(C(=O)N2CCC3(CC2)OCCc2sccc23)c1Cl. The molecule has 0 aliphatic carbocycles. The van der Waals surface area contributed by atoms with Gasteiger partial charge in [-0.2, -0.15) is 0 Å². The lowest BCUT2D eigenvalue weighted by atomic mass is 9.82. The van der Waals surface area contributed by atoms with E-state index in [0.717, 1.165) is 25.9 Å². The van der Waals surface area contributed by atoms with Crippen LogP contribution < -0.4 is 0 Å². The maximum atomic E-state index is 14.2. The normalized spacial score (nSPS) is 19.1. The molecule has 2 aliphatic heterocycles. The molecular formula is C19H19ClFNO2S. The second-order valence-electron chi connectivity index (χ2n) is 6.70. The van der Waals surface area contributed by atoms with Gasteiger partial charge in [-0.1, -0.05) is 17.7 Å². The van der Waals surface area contributed by atoms with Gasteiger partial charge in [-0.15, -0.1) is 11.3 Å². The number of nitrogens with zero attached hydrogens (tertiary/aromatic N) is 1. The molecule has 1 amide bonds. The summed E-state index contributed by atoms with van der Waals surface area (Å²) in [6, 6.07) is 5.04. The lowest BCUT2D eigenvalue weighted by Gasteiger charge is -2.44. The Hall–Kier alpha value is -1.43. The number of thiophene rings is 1. The van der Waals surface area contributed by atoms with Gasteiger partial charge in [0.25, 0.3) is 5.91 Å². The molecule has 0 saturated carbocycles. The topological polar surface area (TPSA) is 29.5 Å². The Morgan fingerprint density at radius 3 is 2.84 bits per heavy atom. The maximum Gasteiger partial charge on any atom is 0.258 e. The zero-order valence-electron chi connectivity index (χ0n) is 14.0. The minimum absolute atomic E-state index is 0.0154. The van der Waals surface area contributed by atoms with E-state index in [1.807, 2.05) is 0 Å². The summed E-state index contributed by atoms with van der Waals surface area (Å²) in [6.45, 7) is 3.58. The molecule has 0 unspecified atom stereocenters. The van der Waals surface area contributed by atoms with E-state index < -0.39 is 5.82 Å². The summed E-state index contributed by atoms with van der Waals surface area (Å²) < 4.78 is 20.3. The first-order chi connectivity index (χ1) is 12.0. The lowest BCUT2D eigenvalue weighted by Crippen LogP contribution is -2.48. The van der Waals surface area contributed by atoms with Gasteiger partial charge >= 0.3 is 0 Å². The van der Waals surface area contributed by atoms with Gasteiger partial charge in [-0.25, -0.2) is 4.39 Å². The zero-order valence-corrected chi connectivity index (χ0v) is 15.6. The average Bonchev–Trinajstić information content (AvgIpc) is 3.10. The first-order valence-electron chi connectivity index (χ1n) is 8.46. The summed E-state index contributed by atoms with van der Waals surface area (Å²) in [7, 11) is 0. The molecule has 25 heavy (non-hydrogen) atoms. The number of halogens is 2. The molecule has 3 nitrogen and oxygen atoms in total. The third-order valence-electron chi connectivity index (χ3n) is 5.30. The van der Waals surface area contributed by atoms with Gasteiger partial charge < -0.3 is 9.64 Å². The van der Waals surface area contributed by atoms with Crippen molar-refractivity contribution in [2.45, 2.75) is 31.8 Å². The van der Waals surface area contributed by atoms with E-state index in [9.17, 15) is 9.18 Å². The van der Waals surface area contributed by atoms with Crippen LogP contribution in [0.1, 0.15) is 39.2 Å². The summed E-state index contributed by atoms with van der Waals surface area (Å²) >= 11 is 7.97.